The summed E-state index contributed by atoms with van der Waals surface area (Å²) >= 11 is 7.70. The topological polar surface area (TPSA) is 52.6 Å². The first-order chi connectivity index (χ1) is 11.5. The molecule has 0 radical (unpaired) electrons. The van der Waals surface area contributed by atoms with E-state index in [0.29, 0.717) is 6.54 Å². The highest BCUT2D eigenvalue weighted by Gasteiger charge is 2.09. The summed E-state index contributed by atoms with van der Waals surface area (Å²) in [7, 11) is 3.98. The van der Waals surface area contributed by atoms with E-state index in [0.717, 1.165) is 33.9 Å². The largest absolute Gasteiger partial charge is 0.357 e. The molecule has 0 saturated heterocycles. The lowest BCUT2D eigenvalue weighted by Crippen LogP contribution is -2.38. The minimum Gasteiger partial charge on any atom is -0.357 e. The van der Waals surface area contributed by atoms with Crippen molar-refractivity contribution in [2.45, 2.75) is 26.4 Å². The monoisotopic (exact) mass is 493 g/mol. The van der Waals surface area contributed by atoms with Crippen molar-refractivity contribution in [1.29, 1.82) is 0 Å². The number of aliphatic imine (C=N–C) groups is 1. The van der Waals surface area contributed by atoms with Crippen LogP contribution in [0.2, 0.25) is 5.02 Å². The minimum atomic E-state index is 0. The zero-order valence-corrected chi connectivity index (χ0v) is 18.8. The van der Waals surface area contributed by atoms with Gasteiger partial charge in [-0.15, -0.1) is 35.3 Å². The number of halogens is 2. The van der Waals surface area contributed by atoms with E-state index in [2.05, 4.69) is 33.6 Å². The lowest BCUT2D eigenvalue weighted by molar-refractivity contribution is 0.686. The van der Waals surface area contributed by atoms with Gasteiger partial charge in [-0.25, -0.2) is 9.98 Å². The van der Waals surface area contributed by atoms with Gasteiger partial charge in [0.2, 0.25) is 0 Å². The molecule has 0 aliphatic rings. The Morgan fingerprint density at radius 1 is 1.40 bits per heavy atom. The van der Waals surface area contributed by atoms with Gasteiger partial charge in [-0.05, 0) is 31.5 Å². The van der Waals surface area contributed by atoms with E-state index in [1.165, 1.54) is 0 Å². The maximum atomic E-state index is 6.07. The van der Waals surface area contributed by atoms with E-state index in [1.54, 1.807) is 11.3 Å². The molecule has 0 bridgehead atoms. The fraction of sp³-hybridized carbons (Fsp3) is 0.412. The number of hydrogen-bond acceptors (Lipinski definition) is 4. The second kappa shape index (κ2) is 10.8. The van der Waals surface area contributed by atoms with E-state index in [1.807, 2.05) is 49.5 Å². The second-order valence-corrected chi connectivity index (χ2v) is 6.91. The van der Waals surface area contributed by atoms with Crippen molar-refractivity contribution < 1.29 is 0 Å². The summed E-state index contributed by atoms with van der Waals surface area (Å²) in [4.78, 5) is 11.2. The first-order valence-electron chi connectivity index (χ1n) is 7.91. The molecule has 8 heteroatoms. The molecule has 0 fully saturated rings. The van der Waals surface area contributed by atoms with E-state index < -0.39 is 0 Å². The average molecular weight is 494 g/mol. The lowest BCUT2D eigenvalue weighted by atomic mass is 10.1. The van der Waals surface area contributed by atoms with Gasteiger partial charge in [0, 0.05) is 31.0 Å². The number of guanidine groups is 1. The van der Waals surface area contributed by atoms with Crippen LogP contribution < -0.4 is 15.5 Å². The van der Waals surface area contributed by atoms with Gasteiger partial charge in [0.15, 0.2) is 11.1 Å². The van der Waals surface area contributed by atoms with Crippen molar-refractivity contribution >= 4 is 58.0 Å². The Balaban J connectivity index is 0.00000312. The summed E-state index contributed by atoms with van der Waals surface area (Å²) in [5, 5.41) is 10.4. The van der Waals surface area contributed by atoms with Gasteiger partial charge in [-0.2, -0.15) is 0 Å². The van der Waals surface area contributed by atoms with Crippen LogP contribution in [-0.4, -0.2) is 31.6 Å². The summed E-state index contributed by atoms with van der Waals surface area (Å²) in [5.41, 5.74) is 2.09. The quantitative estimate of drug-likeness (QED) is 0.358. The molecule has 5 nitrogen and oxygen atoms in total. The van der Waals surface area contributed by atoms with Crippen LogP contribution in [-0.2, 0) is 6.54 Å². The predicted octanol–water partition coefficient (Wildman–Crippen LogP) is 4.30. The Bertz CT molecular complexity index is 689. The fourth-order valence-corrected chi connectivity index (χ4v) is 3.07. The maximum Gasteiger partial charge on any atom is 0.192 e. The van der Waals surface area contributed by atoms with E-state index in [9.17, 15) is 0 Å². The molecule has 138 valence electrons. The van der Waals surface area contributed by atoms with Crippen LogP contribution in [0.4, 0.5) is 5.13 Å². The molecule has 1 heterocycles. The number of rotatable bonds is 6. The highest BCUT2D eigenvalue weighted by molar-refractivity contribution is 14.0. The average Bonchev–Trinajstić information content (AvgIpc) is 3.02. The van der Waals surface area contributed by atoms with Crippen molar-refractivity contribution in [1.82, 2.24) is 15.6 Å². The van der Waals surface area contributed by atoms with E-state index in [-0.39, 0.29) is 30.0 Å². The lowest BCUT2D eigenvalue weighted by Gasteiger charge is -2.18. The van der Waals surface area contributed by atoms with Gasteiger partial charge in [0.25, 0.3) is 0 Å². The molecular formula is C17H25ClIN5S. The van der Waals surface area contributed by atoms with Crippen LogP contribution in [0.15, 0.2) is 34.6 Å². The maximum absolute atomic E-state index is 6.07. The van der Waals surface area contributed by atoms with Crippen LogP contribution >= 0.6 is 46.9 Å². The summed E-state index contributed by atoms with van der Waals surface area (Å²) in [5.74, 6) is 0.768. The molecule has 25 heavy (non-hydrogen) atoms. The van der Waals surface area contributed by atoms with Crippen LogP contribution in [0.1, 0.15) is 31.1 Å². The molecule has 1 atom stereocenters. The SMILES string of the molecule is CCNC(=NCc1csc(N(C)C)n1)NC(C)c1cccc(Cl)c1.I. The Morgan fingerprint density at radius 2 is 2.16 bits per heavy atom. The molecular weight excluding hydrogens is 469 g/mol. The number of benzene rings is 1. The van der Waals surface area contributed by atoms with Crippen molar-refractivity contribution in [3.05, 3.63) is 45.9 Å². The molecule has 0 amide bonds. The molecule has 2 rings (SSSR count). The first-order valence-corrected chi connectivity index (χ1v) is 9.17. The zero-order chi connectivity index (χ0) is 17.5. The highest BCUT2D eigenvalue weighted by Crippen LogP contribution is 2.19. The van der Waals surface area contributed by atoms with Crippen molar-refractivity contribution in [2.75, 3.05) is 25.5 Å². The van der Waals surface area contributed by atoms with Gasteiger partial charge in [-0.1, -0.05) is 23.7 Å². The predicted molar refractivity (Wildman–Crippen MR) is 120 cm³/mol. The number of thiazole rings is 1. The zero-order valence-electron chi connectivity index (χ0n) is 14.9. The number of anilines is 1. The summed E-state index contributed by atoms with van der Waals surface area (Å²) in [6.45, 7) is 5.48. The molecule has 1 unspecified atom stereocenters. The molecule has 0 aliphatic carbocycles. The van der Waals surface area contributed by atoms with Crippen molar-refractivity contribution in [2.24, 2.45) is 4.99 Å². The third-order valence-corrected chi connectivity index (χ3v) is 4.66. The molecule has 2 N–H and O–H groups in total. The molecule has 1 aromatic heterocycles. The van der Waals surface area contributed by atoms with Crippen molar-refractivity contribution in [3.8, 4) is 0 Å². The second-order valence-electron chi connectivity index (χ2n) is 5.63. The summed E-state index contributed by atoms with van der Waals surface area (Å²) < 4.78 is 0. The van der Waals surface area contributed by atoms with Crippen molar-refractivity contribution in [3.63, 3.8) is 0 Å². The molecule has 0 saturated carbocycles. The smallest absolute Gasteiger partial charge is 0.192 e. The Hall–Kier alpha value is -1.06. The van der Waals surface area contributed by atoms with Gasteiger partial charge >= 0.3 is 0 Å². The highest BCUT2D eigenvalue weighted by atomic mass is 127. The number of aromatic nitrogens is 1. The molecule has 1 aromatic carbocycles. The standard InChI is InChI=1S/C17H24ClN5S.HI/c1-5-19-16(20-10-15-11-24-17(22-15)23(3)4)21-12(2)13-7-6-8-14(18)9-13;/h6-9,11-12H,5,10H2,1-4H3,(H2,19,20,21);1H. The van der Waals surface area contributed by atoms with Crippen LogP contribution in [0.25, 0.3) is 0 Å². The number of nitrogens with zero attached hydrogens (tertiary/aromatic N) is 3. The first kappa shape index (κ1) is 22.0. The van der Waals surface area contributed by atoms with E-state index >= 15 is 0 Å². The molecule has 0 aliphatic heterocycles. The van der Waals surface area contributed by atoms with Gasteiger partial charge < -0.3 is 15.5 Å². The Kier molecular flexibility index (Phi) is 9.52. The third-order valence-electron chi connectivity index (χ3n) is 3.37. The van der Waals surface area contributed by atoms with E-state index in [4.69, 9.17) is 11.6 Å². The molecule has 0 spiro atoms. The summed E-state index contributed by atoms with van der Waals surface area (Å²) in [6.07, 6.45) is 0. The Labute approximate surface area is 175 Å². The Morgan fingerprint density at radius 3 is 2.76 bits per heavy atom. The molecule has 2 aromatic rings. The summed E-state index contributed by atoms with van der Waals surface area (Å²) in [6, 6.07) is 7.96. The van der Waals surface area contributed by atoms with Gasteiger partial charge in [0.05, 0.1) is 18.3 Å². The van der Waals surface area contributed by atoms with Crippen LogP contribution in [0.3, 0.4) is 0 Å². The normalized spacial score (nSPS) is 12.3. The van der Waals surface area contributed by atoms with Crippen LogP contribution in [0.5, 0.6) is 0 Å². The fourth-order valence-electron chi connectivity index (χ4n) is 2.12. The number of hydrogen-bond donors (Lipinski definition) is 2. The number of nitrogens with one attached hydrogen (secondary N) is 2. The minimum absolute atomic E-state index is 0. The van der Waals surface area contributed by atoms with Gasteiger partial charge in [-0.3, -0.25) is 0 Å². The van der Waals surface area contributed by atoms with Crippen LogP contribution in [0, 0.1) is 0 Å². The van der Waals surface area contributed by atoms with Gasteiger partial charge in [0.1, 0.15) is 0 Å². The third kappa shape index (κ3) is 6.99.